The third kappa shape index (κ3) is 9.59. The second-order valence-corrected chi connectivity index (χ2v) is 5.07. The molecule has 1 amide bonds. The van der Waals surface area contributed by atoms with Gasteiger partial charge in [0.15, 0.2) is 0 Å². The van der Waals surface area contributed by atoms with E-state index in [1.165, 1.54) is 0 Å². The molecule has 0 fully saturated rings. The van der Waals surface area contributed by atoms with Crippen LogP contribution in [0.25, 0.3) is 0 Å². The van der Waals surface area contributed by atoms with Crippen LogP contribution in [0.1, 0.15) is 33.1 Å². The van der Waals surface area contributed by atoms with Crippen LogP contribution in [0.3, 0.4) is 0 Å². The molecular formula is C9H17N3O4S. The van der Waals surface area contributed by atoms with Crippen LogP contribution in [-0.2, 0) is 14.9 Å². The van der Waals surface area contributed by atoms with Crippen molar-refractivity contribution in [1.29, 1.82) is 5.26 Å². The second-order valence-electron chi connectivity index (χ2n) is 3.57. The highest BCUT2D eigenvalue weighted by atomic mass is 32.2. The van der Waals surface area contributed by atoms with E-state index >= 15 is 0 Å². The number of rotatable bonds is 7. The van der Waals surface area contributed by atoms with Gasteiger partial charge in [0.25, 0.3) is 0 Å². The lowest BCUT2D eigenvalue weighted by atomic mass is 10.2. The maximum atomic E-state index is 11.3. The van der Waals surface area contributed by atoms with Gasteiger partial charge in [0.1, 0.15) is 0 Å². The molecule has 0 heterocycles. The molecule has 0 spiro atoms. The fraction of sp³-hybridized carbons (Fsp3) is 0.778. The number of nitriles is 1. The van der Waals surface area contributed by atoms with Crippen LogP contribution in [-0.4, -0.2) is 27.2 Å². The molecule has 0 saturated carbocycles. The summed E-state index contributed by atoms with van der Waals surface area (Å²) < 4.78 is 31.0. The van der Waals surface area contributed by atoms with Crippen LogP contribution in [0, 0.1) is 11.3 Å². The van der Waals surface area contributed by atoms with Gasteiger partial charge in [0.05, 0.1) is 12.2 Å². The molecule has 0 aliphatic heterocycles. The summed E-state index contributed by atoms with van der Waals surface area (Å²) in [6.07, 6.45) is 0.124. The van der Waals surface area contributed by atoms with Crippen LogP contribution >= 0.6 is 0 Å². The van der Waals surface area contributed by atoms with Gasteiger partial charge < -0.3 is 4.74 Å². The highest BCUT2D eigenvalue weighted by molar-refractivity contribution is 7.88. The molecule has 0 unspecified atom stereocenters. The first-order valence-electron chi connectivity index (χ1n) is 5.22. The van der Waals surface area contributed by atoms with Crippen molar-refractivity contribution in [2.75, 3.05) is 6.54 Å². The maximum absolute atomic E-state index is 11.3. The standard InChI is InChI=1S/C9H17N3O4S/c1-8(2)16-9(13)12-17(14,15)11-7-5-3-4-6-10/h8,11H,3-5,7H2,1-2H3,(H,12,13). The van der Waals surface area contributed by atoms with Gasteiger partial charge in [-0.15, -0.1) is 0 Å². The number of hydrogen-bond donors (Lipinski definition) is 2. The van der Waals surface area contributed by atoms with Crippen LogP contribution in [0.2, 0.25) is 0 Å². The molecule has 98 valence electrons. The summed E-state index contributed by atoms with van der Waals surface area (Å²) in [5.41, 5.74) is 0. The van der Waals surface area contributed by atoms with Gasteiger partial charge in [-0.05, 0) is 26.7 Å². The molecule has 0 atom stereocenters. The Morgan fingerprint density at radius 3 is 2.59 bits per heavy atom. The third-order valence-corrected chi connectivity index (χ3v) is 2.59. The number of nitrogens with one attached hydrogen (secondary N) is 2. The number of nitrogens with zero attached hydrogens (tertiary/aromatic N) is 1. The molecule has 0 aliphatic rings. The molecule has 17 heavy (non-hydrogen) atoms. The molecule has 8 heteroatoms. The van der Waals surface area contributed by atoms with Gasteiger partial charge in [-0.25, -0.2) is 9.52 Å². The van der Waals surface area contributed by atoms with E-state index in [1.807, 2.05) is 6.07 Å². The lowest BCUT2D eigenvalue weighted by Crippen LogP contribution is -2.41. The largest absolute Gasteiger partial charge is 0.446 e. The zero-order valence-electron chi connectivity index (χ0n) is 9.89. The number of carbonyl (C=O) groups excluding carboxylic acids is 1. The number of carbonyl (C=O) groups is 1. The third-order valence-electron chi connectivity index (χ3n) is 1.57. The summed E-state index contributed by atoms with van der Waals surface area (Å²) in [7, 11) is -3.87. The number of amides is 1. The molecular weight excluding hydrogens is 246 g/mol. The smallest absolute Gasteiger partial charge is 0.422 e. The van der Waals surface area contributed by atoms with E-state index in [-0.39, 0.29) is 12.6 Å². The zero-order valence-corrected chi connectivity index (χ0v) is 10.7. The van der Waals surface area contributed by atoms with Crippen molar-refractivity contribution >= 4 is 16.3 Å². The summed E-state index contributed by atoms with van der Waals surface area (Å²) in [6.45, 7) is 3.40. The number of hydrogen-bond acceptors (Lipinski definition) is 5. The Bertz CT molecular complexity index is 372. The van der Waals surface area contributed by atoms with Crippen molar-refractivity contribution < 1.29 is 17.9 Å². The number of ether oxygens (including phenoxy) is 1. The molecule has 0 bridgehead atoms. The molecule has 0 rings (SSSR count). The van der Waals surface area contributed by atoms with E-state index in [1.54, 1.807) is 18.6 Å². The SMILES string of the molecule is CC(C)OC(=O)NS(=O)(=O)NCCCCC#N. The summed E-state index contributed by atoms with van der Waals surface area (Å²) in [5.74, 6) is 0. The van der Waals surface area contributed by atoms with Gasteiger partial charge in [-0.1, -0.05) is 0 Å². The molecule has 0 saturated heterocycles. The van der Waals surface area contributed by atoms with Gasteiger partial charge in [0, 0.05) is 13.0 Å². The van der Waals surface area contributed by atoms with E-state index in [0.29, 0.717) is 19.3 Å². The molecule has 0 aromatic carbocycles. The topological polar surface area (TPSA) is 108 Å². The Morgan fingerprint density at radius 1 is 1.41 bits per heavy atom. The number of unbranched alkanes of at least 4 members (excludes halogenated alkanes) is 2. The molecule has 2 N–H and O–H groups in total. The Balaban J connectivity index is 3.88. The molecule has 0 aromatic heterocycles. The minimum absolute atomic E-state index is 0.173. The minimum Gasteiger partial charge on any atom is -0.446 e. The van der Waals surface area contributed by atoms with Crippen molar-refractivity contribution in [3.05, 3.63) is 0 Å². The van der Waals surface area contributed by atoms with Crippen molar-refractivity contribution in [2.24, 2.45) is 0 Å². The Kier molecular flexibility index (Phi) is 7.25. The average molecular weight is 263 g/mol. The first kappa shape index (κ1) is 15.7. The van der Waals surface area contributed by atoms with Crippen LogP contribution < -0.4 is 9.44 Å². The van der Waals surface area contributed by atoms with E-state index in [2.05, 4.69) is 9.46 Å². The quantitative estimate of drug-likeness (QED) is 0.655. The van der Waals surface area contributed by atoms with E-state index < -0.39 is 16.3 Å². The Labute approximate surface area is 101 Å². The van der Waals surface area contributed by atoms with E-state index in [4.69, 9.17) is 5.26 Å². The first-order valence-corrected chi connectivity index (χ1v) is 6.70. The van der Waals surface area contributed by atoms with Crippen molar-refractivity contribution in [1.82, 2.24) is 9.44 Å². The minimum atomic E-state index is -3.87. The summed E-state index contributed by atoms with van der Waals surface area (Å²) in [6, 6.07) is 1.95. The van der Waals surface area contributed by atoms with Gasteiger partial charge >= 0.3 is 16.3 Å². The second kappa shape index (κ2) is 7.86. The first-order chi connectivity index (χ1) is 7.87. The summed E-state index contributed by atoms with van der Waals surface area (Å²) in [5, 5.41) is 8.27. The lowest BCUT2D eigenvalue weighted by molar-refractivity contribution is 0.121. The fourth-order valence-electron chi connectivity index (χ4n) is 0.920. The van der Waals surface area contributed by atoms with Crippen molar-refractivity contribution in [3.8, 4) is 6.07 Å². The fourth-order valence-corrected chi connectivity index (χ4v) is 1.67. The molecule has 7 nitrogen and oxygen atoms in total. The van der Waals surface area contributed by atoms with Gasteiger partial charge in [-0.2, -0.15) is 18.4 Å². The average Bonchev–Trinajstić information content (AvgIpc) is 2.14. The summed E-state index contributed by atoms with van der Waals surface area (Å²) >= 11 is 0. The maximum Gasteiger partial charge on any atom is 0.422 e. The van der Waals surface area contributed by atoms with Gasteiger partial charge in [-0.3, -0.25) is 0 Å². The van der Waals surface area contributed by atoms with Gasteiger partial charge in [0.2, 0.25) is 0 Å². The monoisotopic (exact) mass is 263 g/mol. The zero-order chi connectivity index (χ0) is 13.3. The highest BCUT2D eigenvalue weighted by Crippen LogP contribution is 1.93. The Hall–Kier alpha value is -1.33. The van der Waals surface area contributed by atoms with Crippen LogP contribution in [0.4, 0.5) is 4.79 Å². The predicted molar refractivity (Wildman–Crippen MR) is 61.1 cm³/mol. The molecule has 0 aromatic rings. The van der Waals surface area contributed by atoms with E-state index in [9.17, 15) is 13.2 Å². The Morgan fingerprint density at radius 2 is 2.06 bits per heavy atom. The normalized spacial score (nSPS) is 10.9. The molecule has 0 radical (unpaired) electrons. The van der Waals surface area contributed by atoms with Crippen LogP contribution in [0.15, 0.2) is 0 Å². The highest BCUT2D eigenvalue weighted by Gasteiger charge is 2.15. The predicted octanol–water partition coefficient (Wildman–Crippen LogP) is 0.649. The lowest BCUT2D eigenvalue weighted by Gasteiger charge is -2.10. The summed E-state index contributed by atoms with van der Waals surface area (Å²) in [4.78, 5) is 11.0. The van der Waals surface area contributed by atoms with Crippen molar-refractivity contribution in [2.45, 2.75) is 39.2 Å². The van der Waals surface area contributed by atoms with Crippen LogP contribution in [0.5, 0.6) is 0 Å². The van der Waals surface area contributed by atoms with Crippen molar-refractivity contribution in [3.63, 3.8) is 0 Å². The van der Waals surface area contributed by atoms with E-state index in [0.717, 1.165) is 0 Å². The molecule has 0 aliphatic carbocycles.